The van der Waals surface area contributed by atoms with Crippen LogP contribution in [0.4, 0.5) is 11.6 Å². The second-order valence-electron chi connectivity index (χ2n) is 8.30. The highest BCUT2D eigenvalue weighted by Crippen LogP contribution is 2.35. The maximum atomic E-state index is 13.5. The second kappa shape index (κ2) is 7.03. The number of rotatable bonds is 4. The number of anilines is 2. The lowest BCUT2D eigenvalue weighted by atomic mass is 9.97. The number of hydrogen-bond acceptors (Lipinski definition) is 5. The second-order valence-corrected chi connectivity index (χ2v) is 9.39. The van der Waals surface area contributed by atoms with Gasteiger partial charge in [0.25, 0.3) is 5.56 Å². The van der Waals surface area contributed by atoms with Gasteiger partial charge >= 0.3 is 0 Å². The quantitative estimate of drug-likeness (QED) is 0.666. The molecule has 150 valence electrons. The number of thiophene rings is 1. The fourth-order valence-corrected chi connectivity index (χ4v) is 5.49. The van der Waals surface area contributed by atoms with Gasteiger partial charge in [-0.15, -0.1) is 11.3 Å². The molecule has 28 heavy (non-hydrogen) atoms. The molecule has 0 bridgehead atoms. The zero-order chi connectivity index (χ0) is 20.2. The van der Waals surface area contributed by atoms with Crippen molar-refractivity contribution >= 4 is 33.2 Å². The first kappa shape index (κ1) is 19.2. The maximum absolute atomic E-state index is 13.5. The maximum Gasteiger partial charge on any atom is 0.264 e. The average Bonchev–Trinajstić information content (AvgIpc) is 3.13. The third-order valence-electron chi connectivity index (χ3n) is 5.59. The molecule has 0 aromatic carbocycles. The molecule has 1 aliphatic carbocycles. The normalized spacial score (nSPS) is 14.3. The molecule has 0 spiro atoms. The summed E-state index contributed by atoms with van der Waals surface area (Å²) in [6, 6.07) is 0.299. The molecule has 0 fully saturated rings. The smallest absolute Gasteiger partial charge is 0.264 e. The lowest BCUT2D eigenvalue weighted by Gasteiger charge is -2.18. The highest BCUT2D eigenvalue weighted by molar-refractivity contribution is 7.18. The van der Waals surface area contributed by atoms with E-state index >= 15 is 0 Å². The van der Waals surface area contributed by atoms with Crippen LogP contribution >= 0.6 is 11.3 Å². The van der Waals surface area contributed by atoms with Crippen LogP contribution in [-0.4, -0.2) is 19.3 Å². The van der Waals surface area contributed by atoms with Gasteiger partial charge in [0.2, 0.25) is 5.95 Å². The van der Waals surface area contributed by atoms with Crippen molar-refractivity contribution in [3.8, 4) is 0 Å². The van der Waals surface area contributed by atoms with Gasteiger partial charge < -0.3 is 5.32 Å². The average molecular weight is 400 g/mol. The molecule has 0 saturated carbocycles. The van der Waals surface area contributed by atoms with Gasteiger partial charge in [-0.25, -0.2) is 4.98 Å². The minimum Gasteiger partial charge on any atom is -0.322 e. The van der Waals surface area contributed by atoms with E-state index in [0.29, 0.717) is 5.95 Å². The van der Waals surface area contributed by atoms with Crippen molar-refractivity contribution in [2.45, 2.75) is 79.3 Å². The largest absolute Gasteiger partial charge is 0.322 e. The fourth-order valence-electron chi connectivity index (χ4n) is 4.24. The first-order valence-electron chi connectivity index (χ1n) is 10.2. The number of aryl methyl sites for hydroxylation is 3. The summed E-state index contributed by atoms with van der Waals surface area (Å²) in [7, 11) is 0. The Kier molecular flexibility index (Phi) is 4.81. The van der Waals surface area contributed by atoms with E-state index < -0.39 is 0 Å². The first-order chi connectivity index (χ1) is 13.3. The van der Waals surface area contributed by atoms with E-state index in [-0.39, 0.29) is 17.6 Å². The van der Waals surface area contributed by atoms with Crippen molar-refractivity contribution in [1.82, 2.24) is 19.3 Å². The van der Waals surface area contributed by atoms with E-state index in [9.17, 15) is 4.79 Å². The van der Waals surface area contributed by atoms with E-state index in [2.05, 4.69) is 31.2 Å². The standard InChI is InChI=1S/C21H29N5OS/c1-11(2)25-20(27)17-15-9-7-8-10-16(15)28-19(17)23-21(25)22-18-13(5)24-26(12(3)4)14(18)6/h11-12H,7-10H2,1-6H3,(H,22,23). The fraction of sp³-hybridized carbons (Fsp3) is 0.571. The van der Waals surface area contributed by atoms with Crippen LogP contribution in [0.15, 0.2) is 4.79 Å². The van der Waals surface area contributed by atoms with Crippen molar-refractivity contribution in [2.75, 3.05) is 5.32 Å². The Hall–Kier alpha value is -2.15. The number of hydrogen-bond donors (Lipinski definition) is 1. The number of aromatic nitrogens is 4. The Morgan fingerprint density at radius 2 is 1.79 bits per heavy atom. The van der Waals surface area contributed by atoms with Gasteiger partial charge in [0, 0.05) is 17.0 Å². The van der Waals surface area contributed by atoms with E-state index in [1.165, 1.54) is 16.9 Å². The zero-order valence-corrected chi connectivity index (χ0v) is 18.4. The minimum absolute atomic E-state index is 0.0202. The molecule has 3 aromatic heterocycles. The van der Waals surface area contributed by atoms with Gasteiger partial charge in [-0.3, -0.25) is 14.0 Å². The molecular weight excluding hydrogens is 370 g/mol. The van der Waals surface area contributed by atoms with Gasteiger partial charge in [0.1, 0.15) is 4.83 Å². The minimum atomic E-state index is 0.0202. The Morgan fingerprint density at radius 3 is 2.43 bits per heavy atom. The van der Waals surface area contributed by atoms with Crippen LogP contribution in [-0.2, 0) is 12.8 Å². The van der Waals surface area contributed by atoms with E-state index in [0.717, 1.165) is 46.6 Å². The highest BCUT2D eigenvalue weighted by Gasteiger charge is 2.24. The third kappa shape index (κ3) is 2.96. The molecule has 0 amide bonds. The van der Waals surface area contributed by atoms with Gasteiger partial charge in [-0.05, 0) is 72.8 Å². The Bertz CT molecular complexity index is 1100. The number of fused-ring (bicyclic) bond motifs is 3. The molecule has 0 unspecified atom stereocenters. The summed E-state index contributed by atoms with van der Waals surface area (Å²) >= 11 is 1.69. The summed E-state index contributed by atoms with van der Waals surface area (Å²) in [5.41, 5.74) is 4.23. The van der Waals surface area contributed by atoms with Crippen LogP contribution in [0, 0.1) is 13.8 Å². The van der Waals surface area contributed by atoms with Crippen molar-refractivity contribution in [3.63, 3.8) is 0 Å². The predicted octanol–water partition coefficient (Wildman–Crippen LogP) is 5.06. The Labute approximate surface area is 169 Å². The van der Waals surface area contributed by atoms with Gasteiger partial charge in [0.05, 0.1) is 22.5 Å². The predicted molar refractivity (Wildman–Crippen MR) is 116 cm³/mol. The molecule has 3 aromatic rings. The molecule has 1 aliphatic rings. The van der Waals surface area contributed by atoms with Gasteiger partial charge in [0.15, 0.2) is 0 Å². The van der Waals surface area contributed by atoms with E-state index in [4.69, 9.17) is 4.98 Å². The van der Waals surface area contributed by atoms with Crippen LogP contribution in [0.3, 0.4) is 0 Å². The van der Waals surface area contributed by atoms with E-state index in [1.807, 2.05) is 25.5 Å². The zero-order valence-electron chi connectivity index (χ0n) is 17.6. The lowest BCUT2D eigenvalue weighted by Crippen LogP contribution is -2.26. The van der Waals surface area contributed by atoms with Crippen molar-refractivity contribution in [2.24, 2.45) is 0 Å². The number of nitrogens with one attached hydrogen (secondary N) is 1. The number of nitrogens with zero attached hydrogens (tertiary/aromatic N) is 4. The molecule has 0 aliphatic heterocycles. The van der Waals surface area contributed by atoms with Crippen LogP contribution in [0.2, 0.25) is 0 Å². The Balaban J connectivity index is 1.90. The summed E-state index contributed by atoms with van der Waals surface area (Å²) in [6.45, 7) is 12.4. The molecular formula is C21H29N5OS. The van der Waals surface area contributed by atoms with Gasteiger partial charge in [-0.1, -0.05) is 0 Å². The lowest BCUT2D eigenvalue weighted by molar-refractivity contribution is 0.516. The SMILES string of the molecule is Cc1nn(C(C)C)c(C)c1Nc1nc2sc3c(c2c(=O)n1C(C)C)CCCC3. The molecule has 6 nitrogen and oxygen atoms in total. The highest BCUT2D eigenvalue weighted by atomic mass is 32.1. The van der Waals surface area contributed by atoms with Crippen LogP contribution in [0.5, 0.6) is 0 Å². The summed E-state index contributed by atoms with van der Waals surface area (Å²) < 4.78 is 3.81. The van der Waals surface area contributed by atoms with Crippen molar-refractivity contribution in [1.29, 1.82) is 0 Å². The summed E-state index contributed by atoms with van der Waals surface area (Å²) in [4.78, 5) is 20.6. The van der Waals surface area contributed by atoms with Crippen LogP contribution in [0.1, 0.15) is 74.4 Å². The van der Waals surface area contributed by atoms with E-state index in [1.54, 1.807) is 15.9 Å². The Morgan fingerprint density at radius 1 is 1.07 bits per heavy atom. The first-order valence-corrected chi connectivity index (χ1v) is 11.0. The summed E-state index contributed by atoms with van der Waals surface area (Å²) in [5.74, 6) is 0.612. The van der Waals surface area contributed by atoms with Crippen molar-refractivity contribution < 1.29 is 0 Å². The molecule has 0 saturated heterocycles. The molecule has 0 atom stereocenters. The van der Waals surface area contributed by atoms with Crippen LogP contribution < -0.4 is 10.9 Å². The molecule has 4 rings (SSSR count). The van der Waals surface area contributed by atoms with Gasteiger partial charge in [-0.2, -0.15) is 5.10 Å². The molecule has 7 heteroatoms. The third-order valence-corrected chi connectivity index (χ3v) is 6.77. The molecule has 3 heterocycles. The molecule has 0 radical (unpaired) electrons. The van der Waals surface area contributed by atoms with Crippen LogP contribution in [0.25, 0.3) is 10.2 Å². The summed E-state index contributed by atoms with van der Waals surface area (Å²) in [6.07, 6.45) is 4.43. The van der Waals surface area contributed by atoms with Crippen molar-refractivity contribution in [3.05, 3.63) is 32.2 Å². The topological polar surface area (TPSA) is 64.7 Å². The molecule has 1 N–H and O–H groups in total. The monoisotopic (exact) mass is 399 g/mol. The summed E-state index contributed by atoms with van der Waals surface area (Å²) in [5, 5.41) is 8.95.